The molecule has 2 aromatic carbocycles. The number of hydrogen-bond acceptors (Lipinski definition) is 2. The Labute approximate surface area is 162 Å². The molecule has 142 valence electrons. The number of hydrogen-bond donors (Lipinski definition) is 1. The number of ether oxygens (including phenoxy) is 1. The van der Waals surface area contributed by atoms with Crippen LogP contribution in [-0.4, -0.2) is 6.04 Å². The molecule has 3 rings (SSSR count). The van der Waals surface area contributed by atoms with Crippen molar-refractivity contribution in [2.75, 3.05) is 0 Å². The van der Waals surface area contributed by atoms with Gasteiger partial charge in [-0.05, 0) is 25.0 Å². The molecule has 1 fully saturated rings. The average Bonchev–Trinajstić information content (AvgIpc) is 2.61. The van der Waals surface area contributed by atoms with Gasteiger partial charge < -0.3 is 10.1 Å². The normalized spacial score (nSPS) is 15.6. The van der Waals surface area contributed by atoms with Crippen molar-refractivity contribution in [3.8, 4) is 5.75 Å². The van der Waals surface area contributed by atoms with Crippen molar-refractivity contribution < 1.29 is 9.13 Å². The van der Waals surface area contributed by atoms with Crippen LogP contribution in [-0.2, 0) is 13.2 Å². The van der Waals surface area contributed by atoms with Crippen LogP contribution in [0.15, 0.2) is 48.5 Å². The first-order valence-corrected chi connectivity index (χ1v) is 9.50. The van der Waals surface area contributed by atoms with Gasteiger partial charge >= 0.3 is 0 Å². The first-order chi connectivity index (χ1) is 12.3. The summed E-state index contributed by atoms with van der Waals surface area (Å²) in [5.41, 5.74) is 1.73. The Bertz CT molecular complexity index is 656. The van der Waals surface area contributed by atoms with E-state index in [0.29, 0.717) is 11.6 Å². The second kappa shape index (κ2) is 11.2. The van der Waals surface area contributed by atoms with Crippen LogP contribution in [0.4, 0.5) is 4.39 Å². The van der Waals surface area contributed by atoms with E-state index in [1.165, 1.54) is 51.0 Å². The second-order valence-electron chi connectivity index (χ2n) is 6.91. The highest BCUT2D eigenvalue weighted by molar-refractivity contribution is 5.85. The molecule has 0 aromatic heterocycles. The van der Waals surface area contributed by atoms with Crippen molar-refractivity contribution in [3.05, 3.63) is 65.5 Å². The van der Waals surface area contributed by atoms with E-state index in [9.17, 15) is 4.39 Å². The molecule has 2 nitrogen and oxygen atoms in total. The molecule has 2 aromatic rings. The largest absolute Gasteiger partial charge is 0.488 e. The van der Waals surface area contributed by atoms with Gasteiger partial charge in [-0.2, -0.15) is 0 Å². The Kier molecular flexibility index (Phi) is 8.93. The van der Waals surface area contributed by atoms with Crippen LogP contribution in [0.25, 0.3) is 0 Å². The predicted octanol–water partition coefficient (Wildman–Crippen LogP) is 6.03. The molecule has 0 amide bonds. The molecule has 1 saturated carbocycles. The zero-order valence-corrected chi connectivity index (χ0v) is 16.1. The Morgan fingerprint density at radius 3 is 2.19 bits per heavy atom. The number of rotatable bonds is 6. The van der Waals surface area contributed by atoms with E-state index in [2.05, 4.69) is 11.4 Å². The summed E-state index contributed by atoms with van der Waals surface area (Å²) in [6.45, 7) is 1.06. The van der Waals surface area contributed by atoms with Gasteiger partial charge in [0.05, 0.1) is 0 Å². The minimum absolute atomic E-state index is 0. The van der Waals surface area contributed by atoms with E-state index in [-0.39, 0.29) is 24.8 Å². The first kappa shape index (κ1) is 20.7. The summed E-state index contributed by atoms with van der Waals surface area (Å²) in [5.74, 6) is 0.622. The molecule has 1 N–H and O–H groups in total. The molecule has 0 unspecified atom stereocenters. The fraction of sp³-hybridized carbons (Fsp3) is 0.455. The fourth-order valence-corrected chi connectivity index (χ4v) is 3.48. The smallest absolute Gasteiger partial charge is 0.129 e. The molecule has 0 atom stereocenters. The lowest BCUT2D eigenvalue weighted by atomic mass is 9.96. The van der Waals surface area contributed by atoms with E-state index in [4.69, 9.17) is 4.74 Å². The zero-order chi connectivity index (χ0) is 17.3. The molecular weight excluding hydrogens is 349 g/mol. The van der Waals surface area contributed by atoms with Crippen LogP contribution in [0.1, 0.15) is 56.1 Å². The highest BCUT2D eigenvalue weighted by Gasteiger charge is 2.12. The number of nitrogens with one attached hydrogen (secondary N) is 1. The molecule has 1 aliphatic carbocycles. The van der Waals surface area contributed by atoms with Crippen molar-refractivity contribution in [2.45, 2.75) is 64.1 Å². The van der Waals surface area contributed by atoms with E-state index >= 15 is 0 Å². The summed E-state index contributed by atoms with van der Waals surface area (Å²) in [6.07, 6.45) is 9.28. The van der Waals surface area contributed by atoms with E-state index in [1.54, 1.807) is 12.1 Å². The molecule has 1 aliphatic rings. The molecule has 26 heavy (non-hydrogen) atoms. The molecule has 4 heteroatoms. The van der Waals surface area contributed by atoms with E-state index < -0.39 is 0 Å². The lowest BCUT2D eigenvalue weighted by Gasteiger charge is -2.22. The zero-order valence-electron chi connectivity index (χ0n) is 15.3. The van der Waals surface area contributed by atoms with Gasteiger partial charge in [0.2, 0.25) is 0 Å². The number of para-hydroxylation sites is 1. The van der Waals surface area contributed by atoms with Gasteiger partial charge in [0.15, 0.2) is 0 Å². The highest BCUT2D eigenvalue weighted by atomic mass is 35.5. The van der Waals surface area contributed by atoms with Gasteiger partial charge in [0.1, 0.15) is 18.2 Å². The van der Waals surface area contributed by atoms with Gasteiger partial charge in [-0.15, -0.1) is 12.4 Å². The summed E-state index contributed by atoms with van der Waals surface area (Å²) >= 11 is 0. The van der Waals surface area contributed by atoms with Gasteiger partial charge in [-0.25, -0.2) is 4.39 Å². The predicted molar refractivity (Wildman–Crippen MR) is 107 cm³/mol. The topological polar surface area (TPSA) is 21.3 Å². The summed E-state index contributed by atoms with van der Waals surface area (Å²) < 4.78 is 19.7. The van der Waals surface area contributed by atoms with Crippen LogP contribution >= 0.6 is 12.4 Å². The maximum absolute atomic E-state index is 13.8. The fourth-order valence-electron chi connectivity index (χ4n) is 3.48. The van der Waals surface area contributed by atoms with Crippen molar-refractivity contribution in [2.24, 2.45) is 0 Å². The van der Waals surface area contributed by atoms with Gasteiger partial charge in [0, 0.05) is 23.7 Å². The van der Waals surface area contributed by atoms with Crippen molar-refractivity contribution >= 4 is 12.4 Å². The quantitative estimate of drug-likeness (QED) is 0.663. The third-order valence-electron chi connectivity index (χ3n) is 5.00. The minimum atomic E-state index is -0.215. The van der Waals surface area contributed by atoms with Crippen LogP contribution in [0.5, 0.6) is 5.75 Å². The van der Waals surface area contributed by atoms with Crippen LogP contribution in [0.2, 0.25) is 0 Å². The van der Waals surface area contributed by atoms with Crippen molar-refractivity contribution in [1.29, 1.82) is 0 Å². The Balaban J connectivity index is 0.00000243. The molecular formula is C22H29ClFNO. The summed E-state index contributed by atoms with van der Waals surface area (Å²) in [6, 6.07) is 15.4. The lowest BCUT2D eigenvalue weighted by molar-refractivity contribution is 0.294. The standard InChI is InChI=1S/C22H28FNO.ClH/c23-21-14-8-6-11-19(21)17-25-22-15-9-7-10-18(22)16-24-20-12-4-2-1-3-5-13-20;/h6-11,14-15,20,24H,1-5,12-13,16-17H2;1H. The first-order valence-electron chi connectivity index (χ1n) is 9.50. The third kappa shape index (κ3) is 6.30. The van der Waals surface area contributed by atoms with Crippen LogP contribution in [0, 0.1) is 5.82 Å². The number of benzene rings is 2. The highest BCUT2D eigenvalue weighted by Crippen LogP contribution is 2.22. The van der Waals surface area contributed by atoms with E-state index in [1.807, 2.05) is 24.3 Å². The Morgan fingerprint density at radius 1 is 0.846 bits per heavy atom. The molecule has 0 saturated heterocycles. The van der Waals surface area contributed by atoms with Gasteiger partial charge in [-0.1, -0.05) is 68.5 Å². The third-order valence-corrected chi connectivity index (χ3v) is 5.00. The van der Waals surface area contributed by atoms with Crippen LogP contribution in [0.3, 0.4) is 0 Å². The number of halogens is 2. The molecule has 0 radical (unpaired) electrons. The van der Waals surface area contributed by atoms with Gasteiger partial charge in [0.25, 0.3) is 0 Å². The van der Waals surface area contributed by atoms with E-state index in [0.717, 1.165) is 17.9 Å². The summed E-state index contributed by atoms with van der Waals surface area (Å²) in [5, 5.41) is 3.70. The maximum atomic E-state index is 13.8. The molecule has 0 aliphatic heterocycles. The van der Waals surface area contributed by atoms with Crippen LogP contribution < -0.4 is 10.1 Å². The Morgan fingerprint density at radius 2 is 1.46 bits per heavy atom. The molecule has 0 heterocycles. The summed E-state index contributed by atoms with van der Waals surface area (Å²) in [7, 11) is 0. The molecule has 0 spiro atoms. The Hall–Kier alpha value is -1.58. The minimum Gasteiger partial charge on any atom is -0.488 e. The SMILES string of the molecule is Cl.Fc1ccccc1COc1ccccc1CNC1CCCCCCC1. The molecule has 0 bridgehead atoms. The van der Waals surface area contributed by atoms with Gasteiger partial charge in [-0.3, -0.25) is 0 Å². The average molecular weight is 378 g/mol. The lowest BCUT2D eigenvalue weighted by Crippen LogP contribution is -2.29. The monoisotopic (exact) mass is 377 g/mol. The summed E-state index contributed by atoms with van der Waals surface area (Å²) in [4.78, 5) is 0. The van der Waals surface area contributed by atoms with Crippen molar-refractivity contribution in [1.82, 2.24) is 5.32 Å². The van der Waals surface area contributed by atoms with Crippen molar-refractivity contribution in [3.63, 3.8) is 0 Å². The second-order valence-corrected chi connectivity index (χ2v) is 6.91. The maximum Gasteiger partial charge on any atom is 0.129 e.